The SMILES string of the molecule is Cc1cc(Nc2cc(-c3ccc(F)c(NC(=O)c4cc5c(s4)CCC5O)c3)n[nH]c2=O)nn1C. The zero-order valence-electron chi connectivity index (χ0n) is 18.3. The number of aliphatic hydroxyl groups is 1. The number of benzene rings is 1. The molecule has 174 valence electrons. The highest BCUT2D eigenvalue weighted by atomic mass is 32.1. The van der Waals surface area contributed by atoms with Gasteiger partial charge in [-0.15, -0.1) is 11.3 Å². The van der Waals surface area contributed by atoms with Crippen LogP contribution in [0.3, 0.4) is 0 Å². The molecule has 3 aromatic heterocycles. The number of nitrogens with one attached hydrogen (secondary N) is 3. The molecule has 3 heterocycles. The number of hydrogen-bond donors (Lipinski definition) is 4. The minimum absolute atomic E-state index is 0.0144. The highest BCUT2D eigenvalue weighted by molar-refractivity contribution is 7.14. The summed E-state index contributed by atoms with van der Waals surface area (Å²) in [6.45, 7) is 1.89. The Kier molecular flexibility index (Phi) is 5.50. The zero-order valence-corrected chi connectivity index (χ0v) is 19.2. The number of carbonyl (C=O) groups is 1. The topological polar surface area (TPSA) is 125 Å². The summed E-state index contributed by atoms with van der Waals surface area (Å²) in [6.07, 6.45) is 0.824. The Labute approximate surface area is 197 Å². The Bertz CT molecular complexity index is 1450. The first-order valence-electron chi connectivity index (χ1n) is 10.6. The number of aromatic nitrogens is 4. The Morgan fingerprint density at radius 2 is 2.09 bits per heavy atom. The van der Waals surface area contributed by atoms with E-state index in [9.17, 15) is 19.1 Å². The molecule has 0 radical (unpaired) electrons. The molecule has 1 amide bonds. The van der Waals surface area contributed by atoms with E-state index in [-0.39, 0.29) is 11.4 Å². The van der Waals surface area contributed by atoms with Gasteiger partial charge in [-0.2, -0.15) is 10.2 Å². The quantitative estimate of drug-likeness (QED) is 0.346. The first-order valence-corrected chi connectivity index (χ1v) is 11.4. The molecule has 0 bridgehead atoms. The van der Waals surface area contributed by atoms with Gasteiger partial charge in [-0.1, -0.05) is 0 Å². The summed E-state index contributed by atoms with van der Waals surface area (Å²) in [7, 11) is 1.79. The third-order valence-electron chi connectivity index (χ3n) is 5.76. The van der Waals surface area contributed by atoms with E-state index in [1.54, 1.807) is 23.9 Å². The normalized spacial score (nSPS) is 14.8. The fourth-order valence-electron chi connectivity index (χ4n) is 3.83. The molecule has 1 unspecified atom stereocenters. The summed E-state index contributed by atoms with van der Waals surface area (Å²) in [5, 5.41) is 26.3. The number of anilines is 3. The molecule has 5 rings (SSSR count). The van der Waals surface area contributed by atoms with E-state index in [2.05, 4.69) is 25.9 Å². The van der Waals surface area contributed by atoms with E-state index < -0.39 is 23.4 Å². The summed E-state index contributed by atoms with van der Waals surface area (Å²) >= 11 is 1.30. The Balaban J connectivity index is 1.40. The van der Waals surface area contributed by atoms with Crippen molar-refractivity contribution in [3.05, 3.63) is 73.6 Å². The second-order valence-corrected chi connectivity index (χ2v) is 9.24. The predicted octanol–water partition coefficient (Wildman–Crippen LogP) is 3.65. The van der Waals surface area contributed by atoms with Gasteiger partial charge in [0.2, 0.25) is 0 Å². The maximum Gasteiger partial charge on any atom is 0.287 e. The van der Waals surface area contributed by atoms with Crippen molar-refractivity contribution >= 4 is 34.4 Å². The van der Waals surface area contributed by atoms with Crippen molar-refractivity contribution in [2.75, 3.05) is 10.6 Å². The van der Waals surface area contributed by atoms with Gasteiger partial charge >= 0.3 is 0 Å². The first-order chi connectivity index (χ1) is 16.3. The summed E-state index contributed by atoms with van der Waals surface area (Å²) in [4.78, 5) is 26.4. The monoisotopic (exact) mass is 480 g/mol. The lowest BCUT2D eigenvalue weighted by molar-refractivity contribution is 0.103. The third-order valence-corrected chi connectivity index (χ3v) is 6.97. The minimum Gasteiger partial charge on any atom is -0.388 e. The zero-order chi connectivity index (χ0) is 24.0. The average molecular weight is 481 g/mol. The lowest BCUT2D eigenvalue weighted by Crippen LogP contribution is -2.14. The summed E-state index contributed by atoms with van der Waals surface area (Å²) in [5.74, 6) is -0.555. The molecule has 1 aliphatic carbocycles. The smallest absolute Gasteiger partial charge is 0.287 e. The predicted molar refractivity (Wildman–Crippen MR) is 127 cm³/mol. The van der Waals surface area contributed by atoms with Gasteiger partial charge in [-0.3, -0.25) is 14.3 Å². The fraction of sp³-hybridized carbons (Fsp3) is 0.217. The number of carbonyl (C=O) groups excluding carboxylic acids is 1. The highest BCUT2D eigenvalue weighted by Gasteiger charge is 2.25. The van der Waals surface area contributed by atoms with E-state index in [1.165, 1.54) is 35.6 Å². The molecular formula is C23H21FN6O3S. The summed E-state index contributed by atoms with van der Waals surface area (Å²) in [5.41, 5.74) is 2.34. The van der Waals surface area contributed by atoms with Gasteiger partial charge < -0.3 is 15.7 Å². The molecule has 1 aliphatic rings. The average Bonchev–Trinajstić information content (AvgIpc) is 3.47. The number of H-pyrrole nitrogens is 1. The van der Waals surface area contributed by atoms with Crippen LogP contribution in [-0.2, 0) is 13.5 Å². The van der Waals surface area contributed by atoms with Gasteiger partial charge in [0.05, 0.1) is 22.4 Å². The van der Waals surface area contributed by atoms with Gasteiger partial charge in [0.25, 0.3) is 11.5 Å². The van der Waals surface area contributed by atoms with Crippen LogP contribution in [0.5, 0.6) is 0 Å². The number of amides is 1. The summed E-state index contributed by atoms with van der Waals surface area (Å²) in [6, 6.07) is 9.19. The maximum absolute atomic E-state index is 14.5. The molecule has 9 nitrogen and oxygen atoms in total. The molecule has 4 N–H and O–H groups in total. The van der Waals surface area contributed by atoms with Crippen LogP contribution in [0, 0.1) is 12.7 Å². The number of hydrogen-bond acceptors (Lipinski definition) is 7. The molecule has 0 aliphatic heterocycles. The van der Waals surface area contributed by atoms with Crippen molar-refractivity contribution in [3.63, 3.8) is 0 Å². The number of nitrogens with zero attached hydrogens (tertiary/aromatic N) is 3. The lowest BCUT2D eigenvalue weighted by Gasteiger charge is -2.09. The van der Waals surface area contributed by atoms with E-state index >= 15 is 0 Å². The van der Waals surface area contributed by atoms with Crippen LogP contribution < -0.4 is 16.2 Å². The van der Waals surface area contributed by atoms with Crippen molar-refractivity contribution in [2.24, 2.45) is 7.05 Å². The van der Waals surface area contributed by atoms with Gasteiger partial charge in [0.1, 0.15) is 11.5 Å². The number of aromatic amines is 1. The molecule has 1 aromatic carbocycles. The standard InChI is InChI=1S/C23H21FN6O3S/c1-11-7-21(29-30(11)2)25-17-10-15(27-28-22(17)32)12-3-4-14(24)16(8-12)26-23(33)20-9-13-18(31)5-6-19(13)34-20/h3-4,7-10,18,31H,5-6H2,1-2H3,(H,26,33)(H,28,32)(H,25,27,29). The molecule has 0 fully saturated rings. The highest BCUT2D eigenvalue weighted by Crippen LogP contribution is 2.37. The van der Waals surface area contributed by atoms with Gasteiger partial charge in [-0.25, -0.2) is 9.49 Å². The number of fused-ring (bicyclic) bond motifs is 1. The lowest BCUT2D eigenvalue weighted by atomic mass is 10.1. The van der Waals surface area contributed by atoms with Crippen LogP contribution in [0.4, 0.5) is 21.6 Å². The van der Waals surface area contributed by atoms with Crippen LogP contribution >= 0.6 is 11.3 Å². The third kappa shape index (κ3) is 4.11. The van der Waals surface area contributed by atoms with Crippen molar-refractivity contribution in [1.29, 1.82) is 0 Å². The van der Waals surface area contributed by atoms with E-state index in [1.807, 2.05) is 6.92 Å². The second-order valence-electron chi connectivity index (χ2n) is 8.11. The van der Waals surface area contributed by atoms with Crippen LogP contribution in [0.15, 0.2) is 41.2 Å². The molecule has 11 heteroatoms. The molecule has 1 atom stereocenters. The van der Waals surface area contributed by atoms with Gasteiger partial charge in [0, 0.05) is 29.2 Å². The summed E-state index contributed by atoms with van der Waals surface area (Å²) < 4.78 is 16.2. The molecule has 0 spiro atoms. The molecule has 4 aromatic rings. The van der Waals surface area contributed by atoms with Crippen LogP contribution in [0.1, 0.15) is 38.3 Å². The molecule has 0 saturated carbocycles. The Morgan fingerprint density at radius 3 is 2.82 bits per heavy atom. The number of thiophene rings is 1. The van der Waals surface area contributed by atoms with Crippen LogP contribution in [0.2, 0.25) is 0 Å². The van der Waals surface area contributed by atoms with E-state index in [4.69, 9.17) is 0 Å². The fourth-order valence-corrected chi connectivity index (χ4v) is 4.95. The molecule has 0 saturated heterocycles. The molecular weight excluding hydrogens is 459 g/mol. The maximum atomic E-state index is 14.5. The van der Waals surface area contributed by atoms with Crippen molar-refractivity contribution in [1.82, 2.24) is 20.0 Å². The largest absolute Gasteiger partial charge is 0.388 e. The van der Waals surface area contributed by atoms with E-state index in [0.29, 0.717) is 28.4 Å². The first kappa shape index (κ1) is 22.0. The Morgan fingerprint density at radius 1 is 1.26 bits per heavy atom. The van der Waals surface area contributed by atoms with Gasteiger partial charge in [-0.05, 0) is 55.7 Å². The second kappa shape index (κ2) is 8.50. The van der Waals surface area contributed by atoms with Crippen LogP contribution in [0.25, 0.3) is 11.3 Å². The number of aryl methyl sites for hydroxylation is 3. The van der Waals surface area contributed by atoms with Gasteiger partial charge in [0.15, 0.2) is 5.82 Å². The van der Waals surface area contributed by atoms with Crippen molar-refractivity contribution < 1.29 is 14.3 Å². The van der Waals surface area contributed by atoms with Crippen molar-refractivity contribution in [3.8, 4) is 11.3 Å². The van der Waals surface area contributed by atoms with Crippen molar-refractivity contribution in [2.45, 2.75) is 25.9 Å². The Hall–Kier alpha value is -3.83. The minimum atomic E-state index is -0.604. The number of rotatable bonds is 5. The van der Waals surface area contributed by atoms with E-state index in [0.717, 1.165) is 22.6 Å². The number of aliphatic hydroxyl groups excluding tert-OH is 1. The number of halogens is 1. The molecule has 34 heavy (non-hydrogen) atoms. The van der Waals surface area contributed by atoms with Crippen LogP contribution in [-0.4, -0.2) is 31.0 Å².